The molecular weight excluding hydrogens is 669 g/mol. The number of hydrogen-bond acceptors (Lipinski definition) is 3. The van der Waals surface area contributed by atoms with Crippen molar-refractivity contribution in [3.8, 4) is 73.2 Å². The maximum Gasteiger partial charge on any atom is 0.164 e. The van der Waals surface area contributed by atoms with Gasteiger partial charge in [-0.1, -0.05) is 170 Å². The van der Waals surface area contributed by atoms with Gasteiger partial charge < -0.3 is 4.57 Å². The van der Waals surface area contributed by atoms with Gasteiger partial charge in [-0.2, -0.15) is 0 Å². The van der Waals surface area contributed by atoms with Crippen LogP contribution in [0.2, 0.25) is 0 Å². The molecule has 0 spiro atoms. The standard InChI is InChI=1S/C51H34N4/c1-5-16-35(17-6-1)39-24-15-25-41(32-39)50-52-49(38-22-11-4-12-23-38)53-51(54-50)42-29-31-47(45(33-42)37-20-9-3-10-21-37)55-46-27-14-13-26-43(46)44-30-28-40(34-48(44)55)36-18-7-2-8-19-36/h1-34H/i2D,7D,8D,13D,14D,18D,19D,26D,27D,28D,30D,34D. The Kier molecular flexibility index (Phi) is 5.52. The predicted molar refractivity (Wildman–Crippen MR) is 227 cm³/mol. The Balaban J connectivity index is 1.29. The predicted octanol–water partition coefficient (Wildman–Crippen LogP) is 13.0. The van der Waals surface area contributed by atoms with Gasteiger partial charge in [0.05, 0.1) is 33.2 Å². The summed E-state index contributed by atoms with van der Waals surface area (Å²) in [6.45, 7) is 0. The zero-order valence-electron chi connectivity index (χ0n) is 41.0. The second-order valence-electron chi connectivity index (χ2n) is 12.7. The molecule has 10 rings (SSSR count). The van der Waals surface area contributed by atoms with Crippen molar-refractivity contribution in [2.24, 2.45) is 0 Å². The quantitative estimate of drug-likeness (QED) is 0.165. The van der Waals surface area contributed by atoms with E-state index < -0.39 is 83.6 Å². The lowest BCUT2D eigenvalue weighted by Crippen LogP contribution is -2.02. The minimum absolute atomic E-state index is 0.0855. The van der Waals surface area contributed by atoms with E-state index in [2.05, 4.69) is 0 Å². The van der Waals surface area contributed by atoms with Gasteiger partial charge in [-0.15, -0.1) is 0 Å². The molecule has 2 aromatic heterocycles. The molecule has 0 radical (unpaired) electrons. The van der Waals surface area contributed by atoms with E-state index in [-0.39, 0.29) is 21.8 Å². The summed E-state index contributed by atoms with van der Waals surface area (Å²) in [6, 6.07) is 34.7. The normalized spacial score (nSPS) is 14.3. The summed E-state index contributed by atoms with van der Waals surface area (Å²) in [5.74, 6) is 1.15. The molecule has 4 heteroatoms. The van der Waals surface area contributed by atoms with Gasteiger partial charge >= 0.3 is 0 Å². The van der Waals surface area contributed by atoms with Gasteiger partial charge in [-0.05, 0) is 64.2 Å². The highest BCUT2D eigenvalue weighted by Crippen LogP contribution is 2.39. The van der Waals surface area contributed by atoms with Gasteiger partial charge in [-0.25, -0.2) is 15.0 Å². The molecule has 0 aliphatic carbocycles. The lowest BCUT2D eigenvalue weighted by molar-refractivity contribution is 1.07. The molecule has 0 N–H and O–H groups in total. The third-order valence-electron chi connectivity index (χ3n) is 9.38. The molecule has 4 nitrogen and oxygen atoms in total. The first-order chi connectivity index (χ1) is 32.3. The monoisotopic (exact) mass is 714 g/mol. The van der Waals surface area contributed by atoms with Crippen LogP contribution in [0.5, 0.6) is 0 Å². The number of para-hydroxylation sites is 1. The van der Waals surface area contributed by atoms with Gasteiger partial charge in [0, 0.05) is 33.0 Å². The first-order valence-electron chi connectivity index (χ1n) is 23.6. The molecule has 0 saturated carbocycles. The zero-order chi connectivity index (χ0) is 47.0. The van der Waals surface area contributed by atoms with Crippen molar-refractivity contribution >= 4 is 21.8 Å². The Bertz CT molecular complexity index is 3630. The Morgan fingerprint density at radius 2 is 0.927 bits per heavy atom. The van der Waals surface area contributed by atoms with Crippen LogP contribution in [0.3, 0.4) is 0 Å². The van der Waals surface area contributed by atoms with Gasteiger partial charge in [-0.3, -0.25) is 0 Å². The van der Waals surface area contributed by atoms with Crippen LogP contribution in [-0.4, -0.2) is 19.5 Å². The molecule has 0 fully saturated rings. The topological polar surface area (TPSA) is 43.6 Å². The van der Waals surface area contributed by atoms with Crippen molar-refractivity contribution < 1.29 is 16.4 Å². The highest BCUT2D eigenvalue weighted by molar-refractivity contribution is 6.10. The van der Waals surface area contributed by atoms with Gasteiger partial charge in [0.15, 0.2) is 17.5 Å². The molecule has 0 unspecified atom stereocenters. The Morgan fingerprint density at radius 3 is 1.65 bits per heavy atom. The van der Waals surface area contributed by atoms with E-state index in [1.54, 1.807) is 12.1 Å². The fourth-order valence-corrected chi connectivity index (χ4v) is 6.79. The van der Waals surface area contributed by atoms with Crippen molar-refractivity contribution in [3.05, 3.63) is 206 Å². The summed E-state index contributed by atoms with van der Waals surface area (Å²) in [5, 5.41) is -0.250. The average Bonchev–Trinajstić information content (AvgIpc) is 3.73. The zero-order valence-corrected chi connectivity index (χ0v) is 29.0. The first kappa shape index (κ1) is 21.9. The van der Waals surface area contributed by atoms with Crippen molar-refractivity contribution in [2.75, 3.05) is 0 Å². The molecule has 8 aromatic carbocycles. The Morgan fingerprint density at radius 1 is 0.364 bits per heavy atom. The fraction of sp³-hybridized carbons (Fsp3) is 0. The summed E-state index contributed by atoms with van der Waals surface area (Å²) in [5.41, 5.74) is 4.42. The number of fused-ring (bicyclic) bond motifs is 3. The highest BCUT2D eigenvalue weighted by Gasteiger charge is 2.19. The van der Waals surface area contributed by atoms with E-state index in [0.29, 0.717) is 39.9 Å². The van der Waals surface area contributed by atoms with Gasteiger partial charge in [0.25, 0.3) is 0 Å². The third-order valence-corrected chi connectivity index (χ3v) is 9.38. The molecule has 0 aliphatic rings. The number of hydrogen-bond donors (Lipinski definition) is 0. The van der Waals surface area contributed by atoms with E-state index in [1.165, 1.54) is 4.57 Å². The van der Waals surface area contributed by atoms with Crippen LogP contribution < -0.4 is 0 Å². The van der Waals surface area contributed by atoms with Crippen LogP contribution in [0.15, 0.2) is 206 Å². The molecular formula is C51H34N4. The SMILES string of the molecule is [2H]c1c([2H])c([2H])c(-c2c([2H])c([2H])c3c4c([2H])c([2H])c([2H])c([2H])c4n(-c4ccc(-c5nc(-c6ccccc6)nc(-c6cccc(-c7ccccc7)c6)n5)cc4-c4ccccc4)c3c2[2H])c([2H])c1[2H]. The molecule has 0 bridgehead atoms. The van der Waals surface area contributed by atoms with Crippen molar-refractivity contribution in [2.45, 2.75) is 0 Å². The van der Waals surface area contributed by atoms with E-state index >= 15 is 0 Å². The molecule has 258 valence electrons. The maximum absolute atomic E-state index is 9.80. The lowest BCUT2D eigenvalue weighted by atomic mass is 9.99. The van der Waals surface area contributed by atoms with E-state index in [9.17, 15) is 5.48 Å². The third kappa shape index (κ3) is 6.06. The van der Waals surface area contributed by atoms with E-state index in [4.69, 9.17) is 25.9 Å². The Hall–Kier alpha value is -7.43. The number of benzene rings is 8. The van der Waals surface area contributed by atoms with Crippen molar-refractivity contribution in [3.63, 3.8) is 0 Å². The van der Waals surface area contributed by atoms with Gasteiger partial charge in [0.1, 0.15) is 0 Å². The molecule has 10 aromatic rings. The van der Waals surface area contributed by atoms with Crippen molar-refractivity contribution in [1.29, 1.82) is 0 Å². The summed E-state index contributed by atoms with van der Waals surface area (Å²) < 4.78 is 108. The summed E-state index contributed by atoms with van der Waals surface area (Å²) in [6.07, 6.45) is 0. The molecule has 0 saturated heterocycles. The van der Waals surface area contributed by atoms with Crippen LogP contribution in [0.1, 0.15) is 16.4 Å². The molecule has 55 heavy (non-hydrogen) atoms. The minimum Gasteiger partial charge on any atom is -0.309 e. The summed E-state index contributed by atoms with van der Waals surface area (Å²) in [4.78, 5) is 15.0. The molecule has 0 amide bonds. The molecule has 0 aliphatic heterocycles. The lowest BCUT2D eigenvalue weighted by Gasteiger charge is -2.16. The smallest absolute Gasteiger partial charge is 0.164 e. The van der Waals surface area contributed by atoms with Gasteiger partial charge in [0.2, 0.25) is 0 Å². The number of aromatic nitrogens is 4. The highest BCUT2D eigenvalue weighted by atomic mass is 15.0. The van der Waals surface area contributed by atoms with E-state index in [1.807, 2.05) is 121 Å². The second-order valence-corrected chi connectivity index (χ2v) is 12.7. The molecule has 2 heterocycles. The minimum atomic E-state index is -0.690. The summed E-state index contributed by atoms with van der Waals surface area (Å²) in [7, 11) is 0. The van der Waals surface area contributed by atoms with Crippen LogP contribution in [0.25, 0.3) is 95.0 Å². The van der Waals surface area contributed by atoms with Crippen LogP contribution in [0, 0.1) is 0 Å². The van der Waals surface area contributed by atoms with Crippen LogP contribution in [0.4, 0.5) is 0 Å². The Labute approximate surface area is 336 Å². The maximum atomic E-state index is 9.80. The van der Waals surface area contributed by atoms with E-state index in [0.717, 1.165) is 22.3 Å². The van der Waals surface area contributed by atoms with Crippen molar-refractivity contribution in [1.82, 2.24) is 19.5 Å². The van der Waals surface area contributed by atoms with Crippen LogP contribution in [-0.2, 0) is 0 Å². The molecule has 0 atom stereocenters. The largest absolute Gasteiger partial charge is 0.309 e. The first-order valence-corrected chi connectivity index (χ1v) is 17.6. The fourth-order valence-electron chi connectivity index (χ4n) is 6.79. The second kappa shape index (κ2) is 13.8. The number of nitrogens with zero attached hydrogens (tertiary/aromatic N) is 4. The number of rotatable bonds is 7. The summed E-state index contributed by atoms with van der Waals surface area (Å²) >= 11 is 0. The van der Waals surface area contributed by atoms with Crippen LogP contribution >= 0.6 is 0 Å². The average molecular weight is 715 g/mol.